The molecule has 1 aliphatic heterocycles. The Morgan fingerprint density at radius 3 is 2.86 bits per heavy atom. The number of carbonyl (C=O) groups is 1. The van der Waals surface area contributed by atoms with E-state index in [0.717, 1.165) is 29.5 Å². The molecule has 3 aromatic rings. The van der Waals surface area contributed by atoms with Gasteiger partial charge < -0.3 is 10.2 Å². The van der Waals surface area contributed by atoms with Crippen LogP contribution < -0.4 is 5.32 Å². The number of piperidine rings is 1. The fourth-order valence-electron chi connectivity index (χ4n) is 3.94. The van der Waals surface area contributed by atoms with Gasteiger partial charge in [-0.15, -0.1) is 0 Å². The number of fused-ring (bicyclic) bond motifs is 1. The summed E-state index contributed by atoms with van der Waals surface area (Å²) in [5.41, 5.74) is 3.16. The first-order chi connectivity index (χ1) is 13.5. The summed E-state index contributed by atoms with van der Waals surface area (Å²) in [7, 11) is 0. The monoisotopic (exact) mass is 377 g/mol. The third-order valence-electron chi connectivity index (χ3n) is 5.46. The van der Waals surface area contributed by atoms with E-state index < -0.39 is 0 Å². The molecule has 5 heteroatoms. The molecule has 1 fully saturated rings. The van der Waals surface area contributed by atoms with Crippen molar-refractivity contribution in [2.75, 3.05) is 18.4 Å². The summed E-state index contributed by atoms with van der Waals surface area (Å²) >= 11 is 0. The van der Waals surface area contributed by atoms with E-state index in [1.165, 1.54) is 11.5 Å². The number of rotatable bonds is 3. The maximum absolute atomic E-state index is 13.9. The number of anilines is 1. The van der Waals surface area contributed by atoms with Crippen LogP contribution in [0.1, 0.15) is 34.3 Å². The first-order valence-corrected chi connectivity index (χ1v) is 9.68. The summed E-state index contributed by atoms with van der Waals surface area (Å²) < 4.78 is 13.9. The molecule has 1 unspecified atom stereocenters. The van der Waals surface area contributed by atoms with E-state index >= 15 is 0 Å². The average molecular weight is 377 g/mol. The molecule has 1 amide bonds. The van der Waals surface area contributed by atoms with E-state index in [2.05, 4.69) is 29.4 Å². The van der Waals surface area contributed by atoms with Gasteiger partial charge >= 0.3 is 0 Å². The predicted molar refractivity (Wildman–Crippen MR) is 110 cm³/mol. The Kier molecular flexibility index (Phi) is 4.99. The van der Waals surface area contributed by atoms with Gasteiger partial charge in [-0.1, -0.05) is 18.2 Å². The maximum atomic E-state index is 13.9. The Hall–Kier alpha value is -2.95. The molecule has 1 saturated heterocycles. The topological polar surface area (TPSA) is 45.2 Å². The lowest BCUT2D eigenvalue weighted by Gasteiger charge is -2.34. The second kappa shape index (κ2) is 7.58. The first kappa shape index (κ1) is 18.4. The molecular formula is C23H24FN3O. The zero-order valence-electron chi connectivity index (χ0n) is 16.2. The molecule has 28 heavy (non-hydrogen) atoms. The summed E-state index contributed by atoms with van der Waals surface area (Å²) in [6.45, 7) is 5.06. The van der Waals surface area contributed by atoms with E-state index in [1.807, 2.05) is 23.4 Å². The average Bonchev–Trinajstić information content (AvgIpc) is 2.70. The second-order valence-corrected chi connectivity index (χ2v) is 7.56. The normalized spacial score (nSPS) is 17.0. The molecular weight excluding hydrogens is 353 g/mol. The number of halogens is 1. The minimum Gasteiger partial charge on any atom is -0.380 e. The van der Waals surface area contributed by atoms with Crippen LogP contribution in [0.25, 0.3) is 10.8 Å². The van der Waals surface area contributed by atoms with Gasteiger partial charge in [0.25, 0.3) is 5.91 Å². The molecule has 0 aliphatic carbocycles. The molecule has 2 heterocycles. The van der Waals surface area contributed by atoms with Crippen LogP contribution >= 0.6 is 0 Å². The minimum atomic E-state index is -0.336. The predicted octanol–water partition coefficient (Wildman–Crippen LogP) is 4.71. The van der Waals surface area contributed by atoms with E-state index in [0.29, 0.717) is 24.2 Å². The highest BCUT2D eigenvalue weighted by Gasteiger charge is 2.25. The van der Waals surface area contributed by atoms with Crippen molar-refractivity contribution < 1.29 is 9.18 Å². The van der Waals surface area contributed by atoms with Gasteiger partial charge in [-0.25, -0.2) is 4.39 Å². The number of nitrogens with zero attached hydrogens (tertiary/aromatic N) is 2. The number of pyridine rings is 1. The quantitative estimate of drug-likeness (QED) is 0.719. The van der Waals surface area contributed by atoms with Gasteiger partial charge in [0.2, 0.25) is 0 Å². The Bertz CT molecular complexity index is 1030. The van der Waals surface area contributed by atoms with Crippen LogP contribution in [0, 0.1) is 19.7 Å². The molecule has 1 atom stereocenters. The molecule has 0 saturated carbocycles. The molecule has 4 nitrogen and oxygen atoms in total. The first-order valence-electron chi connectivity index (χ1n) is 9.68. The molecule has 144 valence electrons. The summed E-state index contributed by atoms with van der Waals surface area (Å²) in [4.78, 5) is 18.9. The number of hydrogen-bond acceptors (Lipinski definition) is 3. The highest BCUT2D eigenvalue weighted by Crippen LogP contribution is 2.28. The van der Waals surface area contributed by atoms with Gasteiger partial charge in [-0.05, 0) is 56.0 Å². The second-order valence-electron chi connectivity index (χ2n) is 7.56. The number of benzene rings is 2. The van der Waals surface area contributed by atoms with Crippen LogP contribution in [0.3, 0.4) is 0 Å². The molecule has 1 N–H and O–H groups in total. The van der Waals surface area contributed by atoms with Crippen molar-refractivity contribution in [2.45, 2.75) is 32.7 Å². The van der Waals surface area contributed by atoms with Gasteiger partial charge in [-0.2, -0.15) is 0 Å². The lowest BCUT2D eigenvalue weighted by Crippen LogP contribution is -2.45. The van der Waals surface area contributed by atoms with Crippen molar-refractivity contribution in [1.82, 2.24) is 9.88 Å². The SMILES string of the molecule is Cc1ccc(C(=O)N2CCCC(Nc3cccc4cncc(C)c34)C2)cc1F. The molecule has 1 aliphatic rings. The van der Waals surface area contributed by atoms with Crippen LogP contribution in [0.2, 0.25) is 0 Å². The summed E-state index contributed by atoms with van der Waals surface area (Å²) in [6, 6.07) is 11.0. The van der Waals surface area contributed by atoms with E-state index in [4.69, 9.17) is 0 Å². The highest BCUT2D eigenvalue weighted by atomic mass is 19.1. The maximum Gasteiger partial charge on any atom is 0.254 e. The molecule has 1 aromatic heterocycles. The van der Waals surface area contributed by atoms with Gasteiger partial charge in [-0.3, -0.25) is 9.78 Å². The number of hydrogen-bond donors (Lipinski definition) is 1. The van der Waals surface area contributed by atoms with Gasteiger partial charge in [0, 0.05) is 53.5 Å². The third kappa shape index (κ3) is 3.57. The fourth-order valence-corrected chi connectivity index (χ4v) is 3.94. The Labute approximate surface area is 164 Å². The van der Waals surface area contributed by atoms with Crippen LogP contribution in [0.5, 0.6) is 0 Å². The number of amides is 1. The summed E-state index contributed by atoms with van der Waals surface area (Å²) in [5.74, 6) is -0.443. The smallest absolute Gasteiger partial charge is 0.254 e. The molecule has 0 radical (unpaired) electrons. The van der Waals surface area contributed by atoms with Crippen molar-refractivity contribution in [3.05, 3.63) is 71.3 Å². The third-order valence-corrected chi connectivity index (χ3v) is 5.46. The summed E-state index contributed by atoms with van der Waals surface area (Å²) in [5, 5.41) is 5.89. The van der Waals surface area contributed by atoms with Crippen LogP contribution in [-0.2, 0) is 0 Å². The molecule has 0 spiro atoms. The van der Waals surface area contributed by atoms with Gasteiger partial charge in [0.1, 0.15) is 5.82 Å². The van der Waals surface area contributed by atoms with Crippen molar-refractivity contribution in [1.29, 1.82) is 0 Å². The standard InChI is InChI=1S/C23H24FN3O/c1-15-8-9-17(11-20(15)24)23(28)27-10-4-6-19(14-27)26-21-7-3-5-18-13-25-12-16(2)22(18)21/h3,5,7-9,11-13,19,26H,4,6,10,14H2,1-2H3. The van der Waals surface area contributed by atoms with Crippen LogP contribution in [0.15, 0.2) is 48.8 Å². The van der Waals surface area contributed by atoms with Gasteiger partial charge in [0.15, 0.2) is 0 Å². The van der Waals surface area contributed by atoms with E-state index in [-0.39, 0.29) is 17.8 Å². The van der Waals surface area contributed by atoms with Crippen molar-refractivity contribution in [3.8, 4) is 0 Å². The highest BCUT2D eigenvalue weighted by molar-refractivity contribution is 5.96. The van der Waals surface area contributed by atoms with Gasteiger partial charge in [0.05, 0.1) is 0 Å². The molecule has 4 rings (SSSR count). The number of carbonyl (C=O) groups excluding carboxylic acids is 1. The largest absolute Gasteiger partial charge is 0.380 e. The Morgan fingerprint density at radius 1 is 1.18 bits per heavy atom. The molecule has 0 bridgehead atoms. The van der Waals surface area contributed by atoms with E-state index in [1.54, 1.807) is 19.1 Å². The lowest BCUT2D eigenvalue weighted by atomic mass is 10.0. The van der Waals surface area contributed by atoms with Crippen molar-refractivity contribution in [2.24, 2.45) is 0 Å². The number of aryl methyl sites for hydroxylation is 2. The zero-order valence-corrected chi connectivity index (χ0v) is 16.2. The lowest BCUT2D eigenvalue weighted by molar-refractivity contribution is 0.0714. The van der Waals surface area contributed by atoms with Crippen LogP contribution in [0.4, 0.5) is 10.1 Å². The minimum absolute atomic E-state index is 0.108. The number of aromatic nitrogens is 1. The van der Waals surface area contributed by atoms with Crippen molar-refractivity contribution in [3.63, 3.8) is 0 Å². The number of nitrogens with one attached hydrogen (secondary N) is 1. The Balaban J connectivity index is 1.53. The van der Waals surface area contributed by atoms with Crippen LogP contribution in [-0.4, -0.2) is 34.9 Å². The summed E-state index contributed by atoms with van der Waals surface area (Å²) in [6.07, 6.45) is 5.65. The fraction of sp³-hybridized carbons (Fsp3) is 0.304. The zero-order chi connectivity index (χ0) is 19.7. The van der Waals surface area contributed by atoms with Crippen molar-refractivity contribution >= 4 is 22.4 Å². The number of likely N-dealkylation sites (tertiary alicyclic amines) is 1. The molecule has 2 aromatic carbocycles. The van der Waals surface area contributed by atoms with E-state index in [9.17, 15) is 9.18 Å². The Morgan fingerprint density at radius 2 is 2.04 bits per heavy atom.